The highest BCUT2D eigenvalue weighted by Crippen LogP contribution is 2.50. The monoisotopic (exact) mass is 1150 g/mol. The molecule has 2 aromatic heterocycles. The molecule has 0 amide bonds. The van der Waals surface area contributed by atoms with E-state index in [1.807, 2.05) is 30.3 Å². The second-order valence-corrected chi connectivity index (χ2v) is 24.6. The maximum Gasteiger partial charge on any atom is 0.417 e. The Hall–Kier alpha value is -10.2. The topological polar surface area (TPSA) is 57.4 Å². The number of alkyl halides is 3. The summed E-state index contributed by atoms with van der Waals surface area (Å²) in [5, 5.41) is 25.7. The zero-order chi connectivity index (χ0) is 61.9. The molecule has 430 valence electrons. The van der Waals surface area contributed by atoms with Crippen LogP contribution in [-0.4, -0.2) is 9.13 Å². The van der Waals surface area contributed by atoms with Crippen LogP contribution in [0.1, 0.15) is 83.5 Å². The molecule has 7 heteroatoms. The average Bonchev–Trinajstić information content (AvgIpc) is 1.53. The first-order valence-electron chi connectivity index (χ1n) is 29.9. The third kappa shape index (κ3) is 9.36. The Labute approximate surface area is 512 Å². The van der Waals surface area contributed by atoms with Crippen LogP contribution in [0.15, 0.2) is 176 Å². The first-order chi connectivity index (χ1) is 42.1. The van der Waals surface area contributed by atoms with E-state index >= 15 is 13.2 Å². The number of fused-ring (bicyclic) bond motifs is 6. The number of nitrogens with zero attached hydrogens (tertiary/aromatic N) is 4. The smallest absolute Gasteiger partial charge is 0.309 e. The van der Waals surface area contributed by atoms with E-state index in [0.717, 1.165) is 116 Å². The van der Waals surface area contributed by atoms with Gasteiger partial charge in [-0.25, -0.2) is 0 Å². The molecule has 0 N–H and O–H groups in total. The number of benzene rings is 11. The minimum atomic E-state index is -4.87. The Morgan fingerprint density at radius 3 is 0.966 bits per heavy atom. The predicted octanol–water partition coefficient (Wildman–Crippen LogP) is 22.3. The Kier molecular flexibility index (Phi) is 13.8. The number of aryl methyl sites for hydroxylation is 12. The van der Waals surface area contributed by atoms with Crippen LogP contribution in [0.3, 0.4) is 0 Å². The molecule has 0 radical (unpaired) electrons. The van der Waals surface area contributed by atoms with Gasteiger partial charge in [0.2, 0.25) is 0 Å². The Balaban J connectivity index is 1.18. The molecule has 0 atom stereocenters. The van der Waals surface area contributed by atoms with Crippen molar-refractivity contribution in [3.63, 3.8) is 0 Å². The highest BCUT2D eigenvalue weighted by Gasteiger charge is 2.36. The molecule has 0 bridgehead atoms. The molecule has 0 fully saturated rings. The highest BCUT2D eigenvalue weighted by atomic mass is 19.4. The van der Waals surface area contributed by atoms with Gasteiger partial charge in [-0.2, -0.15) is 23.7 Å². The molecule has 4 nitrogen and oxygen atoms in total. The van der Waals surface area contributed by atoms with Crippen LogP contribution in [0.25, 0.3) is 122 Å². The van der Waals surface area contributed by atoms with Crippen LogP contribution >= 0.6 is 0 Å². The van der Waals surface area contributed by atoms with Crippen LogP contribution in [-0.2, 0) is 6.18 Å². The third-order valence-corrected chi connectivity index (χ3v) is 18.1. The van der Waals surface area contributed by atoms with Crippen molar-refractivity contribution in [1.29, 1.82) is 10.5 Å². The van der Waals surface area contributed by atoms with E-state index in [-0.39, 0.29) is 22.3 Å². The summed E-state index contributed by atoms with van der Waals surface area (Å²) in [7, 11) is 0. The van der Waals surface area contributed by atoms with E-state index in [1.54, 1.807) is 12.1 Å². The number of rotatable bonds is 8. The van der Waals surface area contributed by atoms with Gasteiger partial charge in [0, 0.05) is 32.7 Å². The molecule has 0 aliphatic heterocycles. The molecule has 0 aliphatic carbocycles. The first-order valence-corrected chi connectivity index (χ1v) is 29.9. The van der Waals surface area contributed by atoms with E-state index in [1.165, 1.54) is 56.6 Å². The van der Waals surface area contributed by atoms with Crippen molar-refractivity contribution in [3.8, 4) is 90.3 Å². The van der Waals surface area contributed by atoms with E-state index < -0.39 is 11.7 Å². The molecular formula is C81H65F3N4. The minimum Gasteiger partial charge on any atom is -0.309 e. The van der Waals surface area contributed by atoms with Gasteiger partial charge in [0.1, 0.15) is 0 Å². The van der Waals surface area contributed by atoms with Gasteiger partial charge in [-0.05, 0) is 262 Å². The Morgan fingerprint density at radius 1 is 0.318 bits per heavy atom. The van der Waals surface area contributed by atoms with E-state index in [4.69, 9.17) is 0 Å². The number of aromatic nitrogens is 2. The number of hydrogen-bond donors (Lipinski definition) is 0. The number of nitriles is 2. The van der Waals surface area contributed by atoms with Crippen molar-refractivity contribution in [3.05, 3.63) is 259 Å². The lowest BCUT2D eigenvalue weighted by Crippen LogP contribution is -2.09. The fraction of sp³-hybridized carbons (Fsp3) is 0.160. The highest BCUT2D eigenvalue weighted by molar-refractivity contribution is 6.15. The Morgan fingerprint density at radius 2 is 0.648 bits per heavy atom. The van der Waals surface area contributed by atoms with Gasteiger partial charge >= 0.3 is 6.18 Å². The van der Waals surface area contributed by atoms with Crippen molar-refractivity contribution in [1.82, 2.24) is 9.13 Å². The average molecular weight is 1150 g/mol. The van der Waals surface area contributed by atoms with Crippen molar-refractivity contribution in [2.24, 2.45) is 0 Å². The van der Waals surface area contributed by atoms with Gasteiger partial charge in [0.15, 0.2) is 0 Å². The van der Waals surface area contributed by atoms with Crippen LogP contribution in [0.4, 0.5) is 13.2 Å². The first kappa shape index (κ1) is 56.9. The molecule has 0 spiro atoms. The molecule has 88 heavy (non-hydrogen) atoms. The second kappa shape index (κ2) is 21.3. The summed E-state index contributed by atoms with van der Waals surface area (Å²) >= 11 is 0. The summed E-state index contributed by atoms with van der Waals surface area (Å²) in [4.78, 5) is 0. The van der Waals surface area contributed by atoms with Crippen LogP contribution < -0.4 is 0 Å². The summed E-state index contributed by atoms with van der Waals surface area (Å²) in [6.45, 7) is 25.7. The number of halogens is 3. The lowest BCUT2D eigenvalue weighted by molar-refractivity contribution is -0.137. The maximum atomic E-state index is 16.0. The van der Waals surface area contributed by atoms with Crippen molar-refractivity contribution in [2.45, 2.75) is 89.3 Å². The quantitative estimate of drug-likeness (QED) is 0.152. The number of hydrogen-bond acceptors (Lipinski definition) is 2. The Bertz CT molecular complexity index is 4920. The molecule has 2 heterocycles. The van der Waals surface area contributed by atoms with Gasteiger partial charge in [0.05, 0.1) is 62.3 Å². The molecule has 0 aliphatic rings. The van der Waals surface area contributed by atoms with Crippen molar-refractivity contribution in [2.75, 3.05) is 0 Å². The molecule has 0 saturated heterocycles. The van der Waals surface area contributed by atoms with E-state index in [0.29, 0.717) is 22.5 Å². The minimum absolute atomic E-state index is 0.116. The lowest BCUT2D eigenvalue weighted by Gasteiger charge is -2.24. The summed E-state index contributed by atoms with van der Waals surface area (Å²) in [5.41, 5.74) is 27.6. The van der Waals surface area contributed by atoms with E-state index in [9.17, 15) is 10.5 Å². The summed E-state index contributed by atoms with van der Waals surface area (Å²) < 4.78 is 52.3. The van der Waals surface area contributed by atoms with Gasteiger partial charge in [-0.3, -0.25) is 0 Å². The summed E-state index contributed by atoms with van der Waals surface area (Å²) in [5.74, 6) is 0. The van der Waals surface area contributed by atoms with E-state index in [2.05, 4.69) is 220 Å². The summed E-state index contributed by atoms with van der Waals surface area (Å²) in [6, 6.07) is 63.5. The molecule has 0 unspecified atom stereocenters. The zero-order valence-corrected chi connectivity index (χ0v) is 51.7. The third-order valence-electron chi connectivity index (χ3n) is 18.1. The van der Waals surface area contributed by atoms with Gasteiger partial charge in [-0.1, -0.05) is 119 Å². The molecular weight excluding hydrogens is 1090 g/mol. The normalized spacial score (nSPS) is 11.8. The fourth-order valence-corrected chi connectivity index (χ4v) is 15.1. The SMILES string of the molecule is Cc1cc(C)c(-c2ccc3c(c2)c2cc(-c4c(C)cc(C)cc4C)ccc2n3-c2cccc(C#N)c2-c2c(-c3ccc(C#N)cc3C(F)(F)F)cccc2-n2c3ccc(-c4c(C)cc(C)cc4C)cc3c3cc(-c4c(C)cc(C)cc4C)ccc32)c(C)c1. The largest absolute Gasteiger partial charge is 0.417 e. The van der Waals surface area contributed by atoms with Gasteiger partial charge in [0.25, 0.3) is 0 Å². The molecule has 0 saturated carbocycles. The standard InChI is InChI=1S/C81H65F3N4/c1-44-29-48(5)75(49(6)30-44)57-20-25-69-64(38-57)65-39-58(76-50(7)31-45(2)32-51(76)8)21-26-70(65)87(69)73-17-13-15-61(43-86)79(73)80-63(62-24-19-56(42-85)37-68(62)81(82,83)84)16-14-18-74(80)88-71-27-22-59(77-52(9)33-46(3)34-53(77)10)40-66(71)67-41-60(23-28-72(67)88)78-54(11)35-47(4)36-55(78)12/h13-41H,1-12H3. The van der Waals surface area contributed by atoms with Crippen LogP contribution in [0.5, 0.6) is 0 Å². The molecule has 13 rings (SSSR count). The van der Waals surface area contributed by atoms with Crippen LogP contribution in [0, 0.1) is 106 Å². The molecule has 11 aromatic carbocycles. The lowest BCUT2D eigenvalue weighted by atomic mass is 9.86. The fourth-order valence-electron chi connectivity index (χ4n) is 15.1. The van der Waals surface area contributed by atoms with Crippen LogP contribution in [0.2, 0.25) is 0 Å². The molecule has 13 aromatic rings. The van der Waals surface area contributed by atoms with Crippen molar-refractivity contribution < 1.29 is 13.2 Å². The van der Waals surface area contributed by atoms with Gasteiger partial charge < -0.3 is 9.13 Å². The zero-order valence-electron chi connectivity index (χ0n) is 51.7. The van der Waals surface area contributed by atoms with Gasteiger partial charge in [-0.15, -0.1) is 0 Å². The predicted molar refractivity (Wildman–Crippen MR) is 359 cm³/mol. The second-order valence-electron chi connectivity index (χ2n) is 24.6. The summed E-state index contributed by atoms with van der Waals surface area (Å²) in [6.07, 6.45) is -4.87. The maximum absolute atomic E-state index is 16.0. The van der Waals surface area contributed by atoms with Crippen molar-refractivity contribution >= 4 is 43.6 Å².